The van der Waals surface area contributed by atoms with E-state index in [1.165, 1.54) is 0 Å². The summed E-state index contributed by atoms with van der Waals surface area (Å²) in [5.74, 6) is -1.00. The van der Waals surface area contributed by atoms with Gasteiger partial charge >= 0.3 is 5.97 Å². The van der Waals surface area contributed by atoms with Crippen molar-refractivity contribution in [1.29, 1.82) is 0 Å². The topological polar surface area (TPSA) is 66.4 Å². The summed E-state index contributed by atoms with van der Waals surface area (Å²) in [6, 6.07) is 0.218. The molecular formula is C13H23NO3. The Balaban J connectivity index is 2.56. The Hall–Kier alpha value is -1.06. The van der Waals surface area contributed by atoms with Crippen LogP contribution >= 0.6 is 0 Å². The second-order valence-electron chi connectivity index (χ2n) is 5.78. The maximum atomic E-state index is 11.8. The smallest absolute Gasteiger partial charge is 0.310 e. The van der Waals surface area contributed by atoms with E-state index < -0.39 is 11.4 Å². The van der Waals surface area contributed by atoms with Gasteiger partial charge in [-0.05, 0) is 24.7 Å². The van der Waals surface area contributed by atoms with Crippen LogP contribution in [0.15, 0.2) is 0 Å². The Morgan fingerprint density at radius 3 is 2.12 bits per heavy atom. The van der Waals surface area contributed by atoms with E-state index in [0.29, 0.717) is 12.8 Å². The lowest BCUT2D eigenvalue weighted by Crippen LogP contribution is -2.38. The van der Waals surface area contributed by atoms with Crippen LogP contribution in [-0.4, -0.2) is 23.0 Å². The molecule has 0 aromatic rings. The standard InChI is InChI=1S/C13H23NO3/c1-5-13(6-2,11(16)17)8-10(15)14-9-7-12(9,3)4/h9H,5-8H2,1-4H3,(H,14,15)(H,16,17). The number of nitrogens with one attached hydrogen (secondary N) is 1. The molecule has 4 heteroatoms. The van der Waals surface area contributed by atoms with E-state index in [0.717, 1.165) is 6.42 Å². The van der Waals surface area contributed by atoms with Gasteiger partial charge in [0.1, 0.15) is 0 Å². The third-order valence-electron chi connectivity index (χ3n) is 4.15. The van der Waals surface area contributed by atoms with Crippen LogP contribution in [0, 0.1) is 10.8 Å². The number of amides is 1. The summed E-state index contributed by atoms with van der Waals surface area (Å²) in [5, 5.41) is 12.2. The van der Waals surface area contributed by atoms with Crippen molar-refractivity contribution in [2.24, 2.45) is 10.8 Å². The second-order valence-corrected chi connectivity index (χ2v) is 5.78. The minimum Gasteiger partial charge on any atom is -0.481 e. The van der Waals surface area contributed by atoms with Crippen molar-refractivity contribution in [2.75, 3.05) is 0 Å². The molecule has 0 radical (unpaired) electrons. The second kappa shape index (κ2) is 4.67. The largest absolute Gasteiger partial charge is 0.481 e. The van der Waals surface area contributed by atoms with Crippen LogP contribution in [0.25, 0.3) is 0 Å². The zero-order valence-electron chi connectivity index (χ0n) is 11.2. The molecule has 0 aromatic heterocycles. The molecule has 0 aromatic carbocycles. The van der Waals surface area contributed by atoms with Crippen molar-refractivity contribution in [3.63, 3.8) is 0 Å². The molecule has 1 aliphatic carbocycles. The van der Waals surface area contributed by atoms with E-state index in [1.807, 2.05) is 13.8 Å². The maximum absolute atomic E-state index is 11.8. The third-order valence-corrected chi connectivity index (χ3v) is 4.15. The highest BCUT2D eigenvalue weighted by Crippen LogP contribution is 2.44. The molecule has 0 heterocycles. The maximum Gasteiger partial charge on any atom is 0.310 e. The molecule has 1 fully saturated rings. The van der Waals surface area contributed by atoms with E-state index in [9.17, 15) is 14.7 Å². The molecule has 98 valence electrons. The monoisotopic (exact) mass is 241 g/mol. The van der Waals surface area contributed by atoms with Gasteiger partial charge in [-0.15, -0.1) is 0 Å². The Labute approximate surface area is 103 Å². The molecule has 1 rings (SSSR count). The van der Waals surface area contributed by atoms with Gasteiger partial charge in [-0.2, -0.15) is 0 Å². The van der Waals surface area contributed by atoms with Gasteiger partial charge in [-0.25, -0.2) is 0 Å². The van der Waals surface area contributed by atoms with E-state index in [4.69, 9.17) is 0 Å². The van der Waals surface area contributed by atoms with Crippen LogP contribution < -0.4 is 5.32 Å². The normalized spacial score (nSPS) is 22.0. The Morgan fingerprint density at radius 1 is 1.35 bits per heavy atom. The van der Waals surface area contributed by atoms with E-state index >= 15 is 0 Å². The first-order chi connectivity index (χ1) is 7.77. The van der Waals surface area contributed by atoms with E-state index in [2.05, 4.69) is 19.2 Å². The fourth-order valence-corrected chi connectivity index (χ4v) is 2.14. The summed E-state index contributed by atoms with van der Waals surface area (Å²) >= 11 is 0. The van der Waals surface area contributed by atoms with Gasteiger partial charge in [0.05, 0.1) is 5.41 Å². The zero-order valence-corrected chi connectivity index (χ0v) is 11.2. The fraction of sp³-hybridized carbons (Fsp3) is 0.846. The summed E-state index contributed by atoms with van der Waals surface area (Å²) < 4.78 is 0. The molecular weight excluding hydrogens is 218 g/mol. The molecule has 4 nitrogen and oxygen atoms in total. The Kier molecular flexibility index (Phi) is 3.84. The van der Waals surface area contributed by atoms with Crippen molar-refractivity contribution in [1.82, 2.24) is 5.32 Å². The fourth-order valence-electron chi connectivity index (χ4n) is 2.14. The van der Waals surface area contributed by atoms with Gasteiger partial charge in [0.25, 0.3) is 0 Å². The van der Waals surface area contributed by atoms with E-state index in [-0.39, 0.29) is 23.8 Å². The summed E-state index contributed by atoms with van der Waals surface area (Å²) in [6.45, 7) is 7.85. The van der Waals surface area contributed by atoms with Gasteiger partial charge in [0.2, 0.25) is 5.91 Å². The summed E-state index contributed by atoms with van der Waals surface area (Å²) in [4.78, 5) is 23.1. The summed E-state index contributed by atoms with van der Waals surface area (Å²) in [5.41, 5.74) is -0.719. The van der Waals surface area contributed by atoms with E-state index in [1.54, 1.807) is 0 Å². The van der Waals surface area contributed by atoms with Crippen LogP contribution in [0.5, 0.6) is 0 Å². The number of hydrogen-bond acceptors (Lipinski definition) is 2. The van der Waals surface area contributed by atoms with Crippen LogP contribution in [0.4, 0.5) is 0 Å². The first kappa shape index (κ1) is 14.0. The highest BCUT2D eigenvalue weighted by atomic mass is 16.4. The number of carbonyl (C=O) groups is 2. The van der Waals surface area contributed by atoms with Crippen LogP contribution in [0.2, 0.25) is 0 Å². The highest BCUT2D eigenvalue weighted by Gasteiger charge is 2.47. The molecule has 1 unspecified atom stereocenters. The van der Waals surface area contributed by atoms with Crippen LogP contribution in [0.1, 0.15) is 53.4 Å². The molecule has 17 heavy (non-hydrogen) atoms. The third kappa shape index (κ3) is 2.99. The molecule has 1 amide bonds. The lowest BCUT2D eigenvalue weighted by Gasteiger charge is -2.26. The quantitative estimate of drug-likeness (QED) is 0.749. The number of carboxylic acids is 1. The van der Waals surface area contributed by atoms with Crippen molar-refractivity contribution in [3.05, 3.63) is 0 Å². The number of hydrogen-bond donors (Lipinski definition) is 2. The average molecular weight is 241 g/mol. The van der Waals surface area contributed by atoms with Gasteiger partial charge in [-0.1, -0.05) is 27.7 Å². The number of rotatable bonds is 6. The first-order valence-corrected chi connectivity index (χ1v) is 6.30. The Bertz CT molecular complexity index is 319. The van der Waals surface area contributed by atoms with Crippen molar-refractivity contribution < 1.29 is 14.7 Å². The minimum atomic E-state index is -0.900. The molecule has 0 bridgehead atoms. The van der Waals surface area contributed by atoms with Gasteiger partial charge in [0, 0.05) is 12.5 Å². The molecule has 0 saturated heterocycles. The number of carbonyl (C=O) groups excluding carboxylic acids is 1. The first-order valence-electron chi connectivity index (χ1n) is 6.30. The minimum absolute atomic E-state index is 0.0852. The molecule has 0 aliphatic heterocycles. The van der Waals surface area contributed by atoms with Gasteiger partial charge in [-0.3, -0.25) is 9.59 Å². The molecule has 2 N–H and O–H groups in total. The number of aliphatic carboxylic acids is 1. The predicted molar refractivity (Wildman–Crippen MR) is 65.6 cm³/mol. The van der Waals surface area contributed by atoms with Crippen LogP contribution in [0.3, 0.4) is 0 Å². The average Bonchev–Trinajstić information content (AvgIpc) is 2.82. The summed E-state index contributed by atoms with van der Waals surface area (Å²) in [7, 11) is 0. The van der Waals surface area contributed by atoms with Gasteiger partial charge < -0.3 is 10.4 Å². The lowest BCUT2D eigenvalue weighted by molar-refractivity contribution is -0.152. The van der Waals surface area contributed by atoms with Crippen molar-refractivity contribution in [2.45, 2.75) is 59.4 Å². The van der Waals surface area contributed by atoms with Crippen LogP contribution in [-0.2, 0) is 9.59 Å². The zero-order chi connectivity index (χ0) is 13.3. The predicted octanol–water partition coefficient (Wildman–Crippen LogP) is 2.18. The highest BCUT2D eigenvalue weighted by molar-refractivity contribution is 5.85. The van der Waals surface area contributed by atoms with Crippen molar-refractivity contribution in [3.8, 4) is 0 Å². The molecule has 1 atom stereocenters. The Morgan fingerprint density at radius 2 is 1.82 bits per heavy atom. The number of carboxylic acid groups (broad SMARTS) is 1. The molecule has 1 aliphatic rings. The lowest BCUT2D eigenvalue weighted by atomic mass is 9.79. The SMILES string of the molecule is CCC(CC)(CC(=O)NC1CC1(C)C)C(=O)O. The van der Waals surface area contributed by atoms with Crippen molar-refractivity contribution >= 4 is 11.9 Å². The summed E-state index contributed by atoms with van der Waals surface area (Å²) in [6.07, 6.45) is 2.04. The molecule has 1 saturated carbocycles. The van der Waals surface area contributed by atoms with Gasteiger partial charge in [0.15, 0.2) is 0 Å². The molecule has 0 spiro atoms.